The fraction of sp³-hybridized carbons (Fsp3) is 0.214. The summed E-state index contributed by atoms with van der Waals surface area (Å²) in [5.74, 6) is 1.25. The van der Waals surface area contributed by atoms with E-state index in [0.717, 1.165) is 17.0 Å². The SMILES string of the molecule is CCN(CS/C=C(\N)c1ccccc1)C(O)/C(=N/CNc1ccc(OC)cc1)C(=N)c1ccccc1. The first kappa shape index (κ1) is 27.0. The van der Waals surface area contributed by atoms with Crippen molar-refractivity contribution in [3.63, 3.8) is 0 Å². The second-order valence-electron chi connectivity index (χ2n) is 7.86. The summed E-state index contributed by atoms with van der Waals surface area (Å²) in [6.45, 7) is 2.74. The average molecular weight is 504 g/mol. The summed E-state index contributed by atoms with van der Waals surface area (Å²) in [4.78, 5) is 6.46. The zero-order valence-electron chi connectivity index (χ0n) is 20.6. The van der Waals surface area contributed by atoms with Gasteiger partial charge in [0, 0.05) is 16.9 Å². The van der Waals surface area contributed by atoms with Gasteiger partial charge in [-0.3, -0.25) is 15.3 Å². The van der Waals surface area contributed by atoms with E-state index in [4.69, 9.17) is 15.9 Å². The maximum atomic E-state index is 11.3. The van der Waals surface area contributed by atoms with Gasteiger partial charge in [-0.15, -0.1) is 11.8 Å². The minimum Gasteiger partial charge on any atom is -0.497 e. The smallest absolute Gasteiger partial charge is 0.153 e. The Morgan fingerprint density at radius 2 is 1.67 bits per heavy atom. The van der Waals surface area contributed by atoms with Crippen LogP contribution >= 0.6 is 11.8 Å². The fourth-order valence-electron chi connectivity index (χ4n) is 3.40. The molecule has 0 bridgehead atoms. The summed E-state index contributed by atoms with van der Waals surface area (Å²) in [5.41, 5.74) is 9.86. The van der Waals surface area contributed by atoms with Crippen molar-refractivity contribution in [2.75, 3.05) is 31.5 Å². The number of anilines is 1. The summed E-state index contributed by atoms with van der Waals surface area (Å²) in [6.07, 6.45) is -1.06. The van der Waals surface area contributed by atoms with Crippen molar-refractivity contribution in [3.05, 3.63) is 101 Å². The van der Waals surface area contributed by atoms with Crippen molar-refractivity contribution >= 4 is 34.6 Å². The number of benzene rings is 3. The summed E-state index contributed by atoms with van der Waals surface area (Å²) < 4.78 is 5.20. The van der Waals surface area contributed by atoms with Crippen LogP contribution < -0.4 is 15.8 Å². The molecule has 0 amide bonds. The van der Waals surface area contributed by atoms with E-state index in [1.54, 1.807) is 7.11 Å². The van der Waals surface area contributed by atoms with E-state index >= 15 is 0 Å². The minimum absolute atomic E-state index is 0.183. The number of nitrogens with zero attached hydrogens (tertiary/aromatic N) is 2. The van der Waals surface area contributed by atoms with Gasteiger partial charge >= 0.3 is 0 Å². The maximum absolute atomic E-state index is 11.3. The first-order valence-electron chi connectivity index (χ1n) is 11.6. The molecule has 5 N–H and O–H groups in total. The topological polar surface area (TPSA) is 107 Å². The third kappa shape index (κ3) is 7.71. The molecule has 0 fully saturated rings. The lowest BCUT2D eigenvalue weighted by molar-refractivity contribution is 0.0801. The number of methoxy groups -OCH3 is 1. The van der Waals surface area contributed by atoms with Crippen molar-refractivity contribution in [3.8, 4) is 5.75 Å². The summed E-state index contributed by atoms with van der Waals surface area (Å²) in [5, 5.41) is 25.2. The molecule has 36 heavy (non-hydrogen) atoms. The van der Waals surface area contributed by atoms with Crippen molar-refractivity contribution in [1.82, 2.24) is 4.90 Å². The molecule has 3 rings (SSSR count). The summed E-state index contributed by atoms with van der Waals surface area (Å²) in [7, 11) is 1.62. The minimum atomic E-state index is -1.06. The van der Waals surface area contributed by atoms with Gasteiger partial charge in [0.1, 0.15) is 18.1 Å². The lowest BCUT2D eigenvalue weighted by Gasteiger charge is -2.27. The monoisotopic (exact) mass is 503 g/mol. The second kappa shape index (κ2) is 14.1. The standard InChI is InChI=1S/C28H33N5O2S/c1-3-33(20-36-18-25(29)21-10-6-4-7-11-21)28(34)27(26(30)22-12-8-5-9-13-22)32-19-31-23-14-16-24(35-2)17-15-23/h4-18,28,30-31,34H,3,19-20,29H2,1-2H3/b25-18-,30-26?,32-27+. The van der Waals surface area contributed by atoms with Crippen LogP contribution in [-0.2, 0) is 0 Å². The van der Waals surface area contributed by atoms with Gasteiger partial charge in [0.25, 0.3) is 0 Å². The van der Waals surface area contributed by atoms with Gasteiger partial charge in [0.2, 0.25) is 0 Å². The molecule has 8 heteroatoms. The number of thioether (sulfide) groups is 1. The second-order valence-corrected chi connectivity index (χ2v) is 8.69. The van der Waals surface area contributed by atoms with Crippen molar-refractivity contribution in [2.45, 2.75) is 13.2 Å². The van der Waals surface area contributed by atoms with E-state index in [-0.39, 0.29) is 12.4 Å². The van der Waals surface area contributed by atoms with E-state index in [0.29, 0.717) is 29.4 Å². The summed E-state index contributed by atoms with van der Waals surface area (Å²) in [6, 6.07) is 26.6. The van der Waals surface area contributed by atoms with E-state index < -0.39 is 6.23 Å². The summed E-state index contributed by atoms with van der Waals surface area (Å²) >= 11 is 1.49. The van der Waals surface area contributed by atoms with E-state index in [1.165, 1.54) is 11.8 Å². The molecule has 0 radical (unpaired) electrons. The Kier molecular flexibility index (Phi) is 10.6. The van der Waals surface area contributed by atoms with Gasteiger partial charge in [-0.05, 0) is 41.8 Å². The first-order chi connectivity index (χ1) is 17.5. The van der Waals surface area contributed by atoms with Crippen LogP contribution in [0.4, 0.5) is 5.69 Å². The largest absolute Gasteiger partial charge is 0.497 e. The van der Waals surface area contributed by atoms with E-state index in [2.05, 4.69) is 10.3 Å². The zero-order chi connectivity index (χ0) is 25.8. The molecule has 0 saturated carbocycles. The van der Waals surface area contributed by atoms with Gasteiger partial charge in [-0.25, -0.2) is 0 Å². The highest BCUT2D eigenvalue weighted by Gasteiger charge is 2.24. The Balaban J connectivity index is 1.74. The Morgan fingerprint density at radius 1 is 1.06 bits per heavy atom. The third-order valence-electron chi connectivity index (χ3n) is 5.50. The van der Waals surface area contributed by atoms with Crippen LogP contribution in [-0.4, -0.2) is 53.9 Å². The molecular weight excluding hydrogens is 470 g/mol. The van der Waals surface area contributed by atoms with Crippen molar-refractivity contribution < 1.29 is 9.84 Å². The van der Waals surface area contributed by atoms with Gasteiger partial charge in [0.15, 0.2) is 6.23 Å². The Hall–Kier alpha value is -3.59. The van der Waals surface area contributed by atoms with Gasteiger partial charge < -0.3 is 20.9 Å². The third-order valence-corrected chi connectivity index (χ3v) is 6.40. The molecule has 188 valence electrons. The Morgan fingerprint density at radius 3 is 2.25 bits per heavy atom. The molecule has 0 heterocycles. The number of aliphatic hydroxyl groups is 1. The van der Waals surface area contributed by atoms with Gasteiger partial charge in [-0.2, -0.15) is 0 Å². The predicted molar refractivity (Wildman–Crippen MR) is 152 cm³/mol. The molecule has 0 aliphatic heterocycles. The van der Waals surface area contributed by atoms with Crippen LogP contribution in [0.5, 0.6) is 5.75 Å². The molecule has 0 aliphatic carbocycles. The lowest BCUT2D eigenvalue weighted by atomic mass is 10.0. The van der Waals surface area contributed by atoms with Crippen LogP contribution in [0, 0.1) is 5.41 Å². The molecule has 7 nitrogen and oxygen atoms in total. The highest BCUT2D eigenvalue weighted by Crippen LogP contribution is 2.18. The normalized spacial score (nSPS) is 12.9. The number of nitrogens with one attached hydrogen (secondary N) is 2. The molecule has 1 unspecified atom stereocenters. The first-order valence-corrected chi connectivity index (χ1v) is 12.7. The number of hydrogen-bond donors (Lipinski definition) is 4. The van der Waals surface area contributed by atoms with Gasteiger partial charge in [0.05, 0.1) is 18.7 Å². The number of rotatable bonds is 13. The van der Waals surface area contributed by atoms with E-state index in [1.807, 2.05) is 102 Å². The highest BCUT2D eigenvalue weighted by atomic mass is 32.2. The van der Waals surface area contributed by atoms with Crippen LogP contribution in [0.25, 0.3) is 5.70 Å². The van der Waals surface area contributed by atoms with Gasteiger partial charge in [-0.1, -0.05) is 67.6 Å². The Labute approximate surface area is 217 Å². The molecule has 0 saturated heterocycles. The number of aliphatic imine (C=N–C) groups is 1. The lowest BCUT2D eigenvalue weighted by Crippen LogP contribution is -2.44. The molecule has 3 aromatic carbocycles. The molecule has 3 aromatic rings. The predicted octanol–water partition coefficient (Wildman–Crippen LogP) is 4.86. The van der Waals surface area contributed by atoms with Crippen molar-refractivity contribution in [2.24, 2.45) is 10.7 Å². The molecule has 1 atom stereocenters. The Bertz CT molecular complexity index is 1150. The zero-order valence-corrected chi connectivity index (χ0v) is 21.4. The number of ether oxygens (including phenoxy) is 1. The fourth-order valence-corrected chi connectivity index (χ4v) is 4.30. The molecule has 0 aromatic heterocycles. The average Bonchev–Trinajstić information content (AvgIpc) is 2.94. The maximum Gasteiger partial charge on any atom is 0.153 e. The van der Waals surface area contributed by atoms with Crippen molar-refractivity contribution in [1.29, 1.82) is 5.41 Å². The molecule has 0 spiro atoms. The van der Waals surface area contributed by atoms with Crippen LogP contribution in [0.1, 0.15) is 18.1 Å². The molecular formula is C28H33N5O2S. The molecule has 0 aliphatic rings. The van der Waals surface area contributed by atoms with Crippen LogP contribution in [0.15, 0.2) is 95.3 Å². The van der Waals surface area contributed by atoms with Crippen LogP contribution in [0.2, 0.25) is 0 Å². The number of aliphatic hydroxyl groups excluding tert-OH is 1. The number of nitrogens with two attached hydrogens (primary N) is 1. The van der Waals surface area contributed by atoms with E-state index in [9.17, 15) is 5.11 Å². The quantitative estimate of drug-likeness (QED) is 0.196. The number of hydrogen-bond acceptors (Lipinski definition) is 8. The van der Waals surface area contributed by atoms with Crippen LogP contribution in [0.3, 0.4) is 0 Å². The highest BCUT2D eigenvalue weighted by molar-refractivity contribution is 8.02.